The van der Waals surface area contributed by atoms with Gasteiger partial charge in [-0.1, -0.05) is 30.0 Å². The van der Waals surface area contributed by atoms with Gasteiger partial charge in [-0.3, -0.25) is 14.3 Å². The average Bonchev–Trinajstić information content (AvgIpc) is 3.49. The van der Waals surface area contributed by atoms with Crippen LogP contribution in [-0.2, 0) is 11.8 Å². The van der Waals surface area contributed by atoms with Crippen LogP contribution in [0.3, 0.4) is 0 Å². The number of aromatic nitrogens is 3. The molecule has 8 heteroatoms. The Morgan fingerprint density at radius 1 is 1.15 bits per heavy atom. The smallest absolute Gasteiger partial charge is 0.291 e. The van der Waals surface area contributed by atoms with E-state index >= 15 is 0 Å². The summed E-state index contributed by atoms with van der Waals surface area (Å²) in [6, 6.07) is 0.186. The summed E-state index contributed by atoms with van der Waals surface area (Å²) in [4.78, 5) is 26.4. The van der Waals surface area contributed by atoms with Gasteiger partial charge in [-0.05, 0) is 70.3 Å². The molecule has 1 unspecified atom stereocenters. The van der Waals surface area contributed by atoms with Gasteiger partial charge in [-0.25, -0.2) is 4.68 Å². The molecule has 1 N–H and O–H groups in total. The number of nitrogens with one attached hydrogen (secondary N) is 1. The number of ether oxygens (including phenoxy) is 1. The zero-order valence-electron chi connectivity index (χ0n) is 20.8. The molecule has 0 radical (unpaired) electrons. The zero-order valence-corrected chi connectivity index (χ0v) is 20.8. The quantitative estimate of drug-likeness (QED) is 0.688. The second-order valence-electron chi connectivity index (χ2n) is 10.6. The molecular weight excluding hydrogens is 432 g/mol. The van der Waals surface area contributed by atoms with Crippen molar-refractivity contribution in [3.63, 3.8) is 0 Å². The van der Waals surface area contributed by atoms with Crippen molar-refractivity contribution in [3.8, 4) is 0 Å². The summed E-state index contributed by atoms with van der Waals surface area (Å²) >= 11 is 0. The van der Waals surface area contributed by atoms with Crippen molar-refractivity contribution in [2.45, 2.75) is 84.6 Å². The molecule has 0 bridgehead atoms. The fourth-order valence-corrected chi connectivity index (χ4v) is 6.27. The molecule has 1 atom stereocenters. The maximum atomic E-state index is 13.2. The summed E-state index contributed by atoms with van der Waals surface area (Å²) in [6.45, 7) is 7.57. The molecule has 2 aromatic rings. The highest BCUT2D eigenvalue weighted by Crippen LogP contribution is 2.47. The number of hydrogen-bond donors (Lipinski definition) is 1. The Hall–Kier alpha value is -2.61. The molecule has 1 saturated heterocycles. The molecule has 2 aliphatic carbocycles. The fourth-order valence-electron chi connectivity index (χ4n) is 6.27. The molecular formula is C26H36N4O4. The van der Waals surface area contributed by atoms with Gasteiger partial charge in [0.1, 0.15) is 5.69 Å². The minimum absolute atomic E-state index is 0.142. The van der Waals surface area contributed by atoms with Crippen LogP contribution in [-0.4, -0.2) is 33.6 Å². The zero-order chi connectivity index (χ0) is 24.0. The summed E-state index contributed by atoms with van der Waals surface area (Å²) in [5.41, 5.74) is 4.60. The van der Waals surface area contributed by atoms with Crippen molar-refractivity contribution in [2.75, 3.05) is 18.5 Å². The van der Waals surface area contributed by atoms with E-state index in [4.69, 9.17) is 9.26 Å². The van der Waals surface area contributed by atoms with E-state index in [1.165, 1.54) is 12.0 Å². The standard InChI is InChI=1S/C26H36N4O4/c1-16-14-26(12-13-33-15-26)11-10-20(16)23-17(2)21(28-34-23)24(31)27-22-18(3)29(4)30(25(22)32)19-8-6-5-7-9-19/h19H,5-15H2,1-4H3,(H,27,31). The number of rotatable bonds is 4. The maximum absolute atomic E-state index is 13.2. The molecule has 5 rings (SSSR count). The van der Waals surface area contributed by atoms with Crippen molar-refractivity contribution >= 4 is 17.2 Å². The van der Waals surface area contributed by atoms with E-state index in [9.17, 15) is 9.59 Å². The number of carbonyl (C=O) groups excluding carboxylic acids is 1. The first-order valence-electron chi connectivity index (χ1n) is 12.6. The normalized spacial score (nSPS) is 23.8. The van der Waals surface area contributed by atoms with Gasteiger partial charge in [0.25, 0.3) is 11.5 Å². The van der Waals surface area contributed by atoms with Gasteiger partial charge >= 0.3 is 0 Å². The van der Waals surface area contributed by atoms with E-state index in [0.717, 1.165) is 81.4 Å². The number of amides is 1. The average molecular weight is 469 g/mol. The van der Waals surface area contributed by atoms with E-state index < -0.39 is 5.91 Å². The van der Waals surface area contributed by atoms with Crippen LogP contribution in [0.2, 0.25) is 0 Å². The third kappa shape index (κ3) is 3.85. The Bertz CT molecular complexity index is 1190. The lowest BCUT2D eigenvalue weighted by Gasteiger charge is -2.33. The molecule has 184 valence electrons. The van der Waals surface area contributed by atoms with E-state index in [0.29, 0.717) is 11.4 Å². The summed E-state index contributed by atoms with van der Waals surface area (Å²) in [5, 5.41) is 6.98. The van der Waals surface area contributed by atoms with Crippen LogP contribution in [0.5, 0.6) is 0 Å². The van der Waals surface area contributed by atoms with Crippen molar-refractivity contribution in [2.24, 2.45) is 12.5 Å². The number of allylic oxidation sites excluding steroid dienone is 2. The number of carbonyl (C=O) groups is 1. The molecule has 2 fully saturated rings. The predicted octanol–water partition coefficient (Wildman–Crippen LogP) is 4.91. The second-order valence-corrected chi connectivity index (χ2v) is 10.6. The minimum atomic E-state index is -0.399. The first-order chi connectivity index (χ1) is 16.3. The Balaban J connectivity index is 1.39. The monoisotopic (exact) mass is 468 g/mol. The maximum Gasteiger partial charge on any atom is 0.291 e. The first kappa shape index (κ1) is 23.1. The van der Waals surface area contributed by atoms with Crippen LogP contribution >= 0.6 is 0 Å². The lowest BCUT2D eigenvalue weighted by atomic mass is 9.71. The van der Waals surface area contributed by atoms with Crippen LogP contribution in [0.4, 0.5) is 5.69 Å². The number of hydrogen-bond acceptors (Lipinski definition) is 5. The summed E-state index contributed by atoms with van der Waals surface area (Å²) in [6.07, 6.45) is 9.54. The van der Waals surface area contributed by atoms with Gasteiger partial charge in [0.05, 0.1) is 18.3 Å². The summed E-state index contributed by atoms with van der Waals surface area (Å²) in [5.74, 6) is 0.296. The largest absolute Gasteiger partial charge is 0.381 e. The molecule has 3 aliphatic rings. The van der Waals surface area contributed by atoms with Crippen LogP contribution in [0.15, 0.2) is 14.9 Å². The molecule has 1 saturated carbocycles. The molecule has 1 aliphatic heterocycles. The lowest BCUT2D eigenvalue weighted by molar-refractivity contribution is 0.101. The summed E-state index contributed by atoms with van der Waals surface area (Å²) in [7, 11) is 1.89. The van der Waals surface area contributed by atoms with Gasteiger partial charge in [0, 0.05) is 19.2 Å². The van der Waals surface area contributed by atoms with Gasteiger partial charge in [0.2, 0.25) is 0 Å². The second kappa shape index (κ2) is 8.87. The lowest BCUT2D eigenvalue weighted by Crippen LogP contribution is -2.29. The van der Waals surface area contributed by atoms with Gasteiger partial charge in [0.15, 0.2) is 11.5 Å². The molecule has 2 aromatic heterocycles. The highest BCUT2D eigenvalue weighted by atomic mass is 16.5. The molecule has 1 amide bonds. The predicted molar refractivity (Wildman–Crippen MR) is 130 cm³/mol. The van der Waals surface area contributed by atoms with E-state index in [1.54, 1.807) is 0 Å². The highest BCUT2D eigenvalue weighted by Gasteiger charge is 2.39. The SMILES string of the molecule is CC1=C(c2onc(C(=O)Nc3c(C)n(C)n(C4CCCCC4)c3=O)c2C)CCC2(CCOC2)C1. The highest BCUT2D eigenvalue weighted by molar-refractivity contribution is 6.04. The molecule has 34 heavy (non-hydrogen) atoms. The first-order valence-corrected chi connectivity index (χ1v) is 12.6. The van der Waals surface area contributed by atoms with Gasteiger partial charge in [-0.2, -0.15) is 0 Å². The Kier molecular flexibility index (Phi) is 6.04. The number of anilines is 1. The third-order valence-electron chi connectivity index (χ3n) is 8.41. The van der Waals surface area contributed by atoms with Gasteiger partial charge in [-0.15, -0.1) is 0 Å². The molecule has 3 heterocycles. The Morgan fingerprint density at radius 2 is 1.91 bits per heavy atom. The molecule has 0 aromatic carbocycles. The van der Waals surface area contributed by atoms with Crippen molar-refractivity contribution in [1.29, 1.82) is 0 Å². The number of nitrogens with zero attached hydrogens (tertiary/aromatic N) is 3. The minimum Gasteiger partial charge on any atom is -0.381 e. The molecule has 1 spiro atoms. The van der Waals surface area contributed by atoms with Crippen molar-refractivity contribution in [3.05, 3.63) is 38.6 Å². The fraction of sp³-hybridized carbons (Fsp3) is 0.654. The van der Waals surface area contributed by atoms with E-state index in [1.807, 2.05) is 30.3 Å². The Labute approximate surface area is 200 Å². The van der Waals surface area contributed by atoms with Crippen molar-refractivity contribution < 1.29 is 14.1 Å². The van der Waals surface area contributed by atoms with Crippen LogP contribution in [0.1, 0.15) is 98.3 Å². The van der Waals surface area contributed by atoms with E-state index in [-0.39, 0.29) is 22.7 Å². The van der Waals surface area contributed by atoms with Crippen molar-refractivity contribution in [1.82, 2.24) is 14.5 Å². The molecule has 8 nitrogen and oxygen atoms in total. The third-order valence-corrected chi connectivity index (χ3v) is 8.41. The van der Waals surface area contributed by atoms with Crippen LogP contribution < -0.4 is 10.9 Å². The van der Waals surface area contributed by atoms with Crippen LogP contribution in [0, 0.1) is 19.3 Å². The topological polar surface area (TPSA) is 91.3 Å². The Morgan fingerprint density at radius 3 is 2.59 bits per heavy atom. The van der Waals surface area contributed by atoms with E-state index in [2.05, 4.69) is 17.4 Å². The summed E-state index contributed by atoms with van der Waals surface area (Å²) < 4.78 is 15.1. The van der Waals surface area contributed by atoms with Gasteiger partial charge < -0.3 is 14.6 Å². The van der Waals surface area contributed by atoms with Crippen LogP contribution in [0.25, 0.3) is 5.57 Å².